The Labute approximate surface area is 177 Å². The molecular formula is C22H19ClN3O2S+. The van der Waals surface area contributed by atoms with E-state index in [1.807, 2.05) is 54.6 Å². The first-order valence-electron chi connectivity index (χ1n) is 9.00. The summed E-state index contributed by atoms with van der Waals surface area (Å²) in [6.07, 6.45) is 3.44. The van der Waals surface area contributed by atoms with Gasteiger partial charge in [0.05, 0.1) is 11.3 Å². The summed E-state index contributed by atoms with van der Waals surface area (Å²) in [5.74, 6) is 0.559. The summed E-state index contributed by atoms with van der Waals surface area (Å²) < 4.78 is 6.12. The fraction of sp³-hybridized carbons (Fsp3) is 0.136. The molecule has 5 nitrogen and oxygen atoms in total. The number of rotatable bonds is 5. The standard InChI is InChI=1S/C22H18ClN3O2S/c1-22(2,27)18-11-6-14(13-25-18)19-21(29-16-9-7-15(23)8-10-16)28-20(26-19)17-5-3-4-12-24-17/h3-13,27H,1-2H3/p+1. The van der Waals surface area contributed by atoms with Crippen LogP contribution >= 0.6 is 23.4 Å². The van der Waals surface area contributed by atoms with Crippen molar-refractivity contribution in [2.75, 3.05) is 0 Å². The number of halogens is 1. The molecule has 29 heavy (non-hydrogen) atoms. The van der Waals surface area contributed by atoms with Gasteiger partial charge >= 0.3 is 5.89 Å². The van der Waals surface area contributed by atoms with Crippen LogP contribution < -0.4 is 4.98 Å². The van der Waals surface area contributed by atoms with Gasteiger partial charge in [0.25, 0.3) is 5.69 Å². The molecule has 0 aliphatic heterocycles. The average molecular weight is 425 g/mol. The van der Waals surface area contributed by atoms with Gasteiger partial charge < -0.3 is 9.52 Å². The Kier molecular flexibility index (Phi) is 5.41. The average Bonchev–Trinajstić information content (AvgIpc) is 3.14. The van der Waals surface area contributed by atoms with E-state index in [1.165, 1.54) is 11.8 Å². The number of hydrogen-bond donors (Lipinski definition) is 1. The summed E-state index contributed by atoms with van der Waals surface area (Å²) in [4.78, 5) is 13.1. The van der Waals surface area contributed by atoms with Crippen LogP contribution in [0.25, 0.3) is 22.8 Å². The fourth-order valence-electron chi connectivity index (χ4n) is 2.72. The second-order valence-corrected chi connectivity index (χ2v) is 8.46. The predicted octanol–water partition coefficient (Wildman–Crippen LogP) is 5.25. The van der Waals surface area contributed by atoms with Crippen molar-refractivity contribution >= 4 is 23.4 Å². The Hall–Kier alpha value is -2.67. The van der Waals surface area contributed by atoms with Crippen LogP contribution in [0.15, 0.2) is 81.4 Å². The molecule has 4 aromatic rings. The number of H-pyrrole nitrogens is 1. The minimum absolute atomic E-state index is 0.559. The Morgan fingerprint density at radius 3 is 2.45 bits per heavy atom. The lowest BCUT2D eigenvalue weighted by atomic mass is 10.0. The normalized spacial score (nSPS) is 11.6. The van der Waals surface area contributed by atoms with Crippen molar-refractivity contribution < 1.29 is 14.5 Å². The van der Waals surface area contributed by atoms with Crippen LogP contribution in [-0.2, 0) is 5.60 Å². The Balaban J connectivity index is 1.76. The molecule has 1 aromatic carbocycles. The van der Waals surface area contributed by atoms with Gasteiger partial charge in [-0.05, 0) is 74.1 Å². The maximum absolute atomic E-state index is 10.2. The molecule has 0 saturated heterocycles. The monoisotopic (exact) mass is 424 g/mol. The Bertz CT molecular complexity index is 1110. The van der Waals surface area contributed by atoms with Gasteiger partial charge in [-0.15, -0.1) is 0 Å². The van der Waals surface area contributed by atoms with Crippen LogP contribution in [0.5, 0.6) is 0 Å². The van der Waals surface area contributed by atoms with E-state index in [9.17, 15) is 5.11 Å². The molecule has 0 atom stereocenters. The molecule has 0 unspecified atom stereocenters. The van der Waals surface area contributed by atoms with E-state index >= 15 is 0 Å². The van der Waals surface area contributed by atoms with E-state index in [2.05, 4.69) is 15.0 Å². The van der Waals surface area contributed by atoms with Crippen molar-refractivity contribution in [2.24, 2.45) is 0 Å². The lowest BCUT2D eigenvalue weighted by Crippen LogP contribution is -2.17. The van der Waals surface area contributed by atoms with Crippen LogP contribution in [0.3, 0.4) is 0 Å². The Morgan fingerprint density at radius 1 is 1.03 bits per heavy atom. The van der Waals surface area contributed by atoms with Crippen LogP contribution in [0.4, 0.5) is 0 Å². The largest absolute Gasteiger partial charge is 0.399 e. The highest BCUT2D eigenvalue weighted by molar-refractivity contribution is 7.99. The predicted molar refractivity (Wildman–Crippen MR) is 113 cm³/mol. The van der Waals surface area contributed by atoms with Crippen molar-refractivity contribution in [1.82, 2.24) is 9.97 Å². The van der Waals surface area contributed by atoms with E-state index < -0.39 is 5.60 Å². The molecule has 0 bridgehead atoms. The van der Waals surface area contributed by atoms with E-state index in [0.29, 0.717) is 27.4 Å². The molecule has 0 aliphatic rings. The second kappa shape index (κ2) is 7.99. The molecule has 0 spiro atoms. The molecule has 0 aliphatic carbocycles. The summed E-state index contributed by atoms with van der Waals surface area (Å²) in [6.45, 7) is 3.42. The number of benzene rings is 1. The summed E-state index contributed by atoms with van der Waals surface area (Å²) in [5, 5.41) is 11.5. The van der Waals surface area contributed by atoms with Crippen LogP contribution in [-0.4, -0.2) is 15.1 Å². The zero-order chi connectivity index (χ0) is 20.4. The van der Waals surface area contributed by atoms with Crippen molar-refractivity contribution in [3.05, 3.63) is 77.7 Å². The first-order valence-corrected chi connectivity index (χ1v) is 10.2. The highest BCUT2D eigenvalue weighted by Gasteiger charge is 2.26. The third kappa shape index (κ3) is 4.50. The third-order valence-electron chi connectivity index (χ3n) is 4.24. The van der Waals surface area contributed by atoms with E-state index in [1.54, 1.807) is 26.2 Å². The Morgan fingerprint density at radius 2 is 1.83 bits per heavy atom. The highest BCUT2D eigenvalue weighted by atomic mass is 35.5. The molecule has 0 saturated carbocycles. The van der Waals surface area contributed by atoms with E-state index in [4.69, 9.17) is 16.0 Å². The molecule has 146 valence electrons. The van der Waals surface area contributed by atoms with Gasteiger partial charge in [0.15, 0.2) is 5.69 Å². The summed E-state index contributed by atoms with van der Waals surface area (Å²) in [7, 11) is 0. The molecule has 0 amide bonds. The van der Waals surface area contributed by atoms with Crippen LogP contribution in [0.1, 0.15) is 19.5 Å². The van der Waals surface area contributed by atoms with Crippen molar-refractivity contribution in [1.29, 1.82) is 0 Å². The maximum atomic E-state index is 10.2. The zero-order valence-electron chi connectivity index (χ0n) is 15.9. The number of hydrogen-bond acceptors (Lipinski definition) is 5. The van der Waals surface area contributed by atoms with Crippen LogP contribution in [0.2, 0.25) is 5.02 Å². The number of oxazole rings is 1. The molecular weight excluding hydrogens is 406 g/mol. The minimum atomic E-state index is -1.00. The number of aliphatic hydroxyl groups is 1. The van der Waals surface area contributed by atoms with Gasteiger partial charge in [0.2, 0.25) is 5.09 Å². The lowest BCUT2D eigenvalue weighted by molar-refractivity contribution is -0.356. The molecule has 3 aromatic heterocycles. The smallest absolute Gasteiger partial charge is 0.389 e. The third-order valence-corrected chi connectivity index (χ3v) is 5.47. The number of nitrogens with one attached hydrogen (secondary N) is 1. The van der Waals surface area contributed by atoms with Gasteiger partial charge in [-0.1, -0.05) is 17.7 Å². The van der Waals surface area contributed by atoms with Gasteiger partial charge in [0.1, 0.15) is 5.60 Å². The van der Waals surface area contributed by atoms with Crippen molar-refractivity contribution in [2.45, 2.75) is 29.4 Å². The molecule has 0 fully saturated rings. The van der Waals surface area contributed by atoms with Gasteiger partial charge in [-0.3, -0.25) is 4.98 Å². The number of aromatic amines is 1. The lowest BCUT2D eigenvalue weighted by Gasteiger charge is -2.15. The number of nitrogens with zero attached hydrogens (tertiary/aromatic N) is 2. The SMILES string of the molecule is CC(C)(O)c1ccc(-c2[nH+]c(-c3ccccn3)oc2Sc2ccc(Cl)cc2)cn1. The van der Waals surface area contributed by atoms with E-state index in [-0.39, 0.29) is 0 Å². The van der Waals surface area contributed by atoms with Crippen LogP contribution in [0, 0.1) is 0 Å². The molecule has 4 rings (SSSR count). The zero-order valence-corrected chi connectivity index (χ0v) is 17.5. The van der Waals surface area contributed by atoms with Gasteiger partial charge in [-0.2, -0.15) is 4.98 Å². The molecule has 2 N–H and O–H groups in total. The van der Waals surface area contributed by atoms with E-state index in [0.717, 1.165) is 16.2 Å². The maximum Gasteiger partial charge on any atom is 0.399 e. The number of aromatic nitrogens is 3. The summed E-state index contributed by atoms with van der Waals surface area (Å²) in [5.41, 5.74) is 1.94. The molecule has 0 radical (unpaired) electrons. The van der Waals surface area contributed by atoms with Gasteiger partial charge in [-0.25, -0.2) is 4.98 Å². The molecule has 7 heteroatoms. The molecule has 3 heterocycles. The van der Waals surface area contributed by atoms with Crippen molar-refractivity contribution in [3.8, 4) is 22.8 Å². The topological polar surface area (TPSA) is 73.3 Å². The minimum Gasteiger partial charge on any atom is -0.389 e. The quantitative estimate of drug-likeness (QED) is 0.473. The van der Waals surface area contributed by atoms with Crippen molar-refractivity contribution in [3.63, 3.8) is 0 Å². The first kappa shape index (κ1) is 19.6. The fourth-order valence-corrected chi connectivity index (χ4v) is 3.73. The summed E-state index contributed by atoms with van der Waals surface area (Å²) >= 11 is 7.48. The second-order valence-electron chi connectivity index (χ2n) is 6.98. The highest BCUT2D eigenvalue weighted by Crippen LogP contribution is 2.37. The summed E-state index contributed by atoms with van der Waals surface area (Å²) in [6, 6.07) is 16.9. The van der Waals surface area contributed by atoms with Gasteiger partial charge in [0, 0.05) is 22.3 Å². The number of pyridine rings is 2. The first-order chi connectivity index (χ1) is 13.9.